The van der Waals surface area contributed by atoms with Crippen LogP contribution >= 0.6 is 23.1 Å². The first kappa shape index (κ1) is 22.5. The summed E-state index contributed by atoms with van der Waals surface area (Å²) in [6.07, 6.45) is 0. The Labute approximate surface area is 194 Å². The smallest absolute Gasteiger partial charge is 0.270 e. The number of carbonyl (C=O) groups is 1. The summed E-state index contributed by atoms with van der Waals surface area (Å²) in [7, 11) is 0. The van der Waals surface area contributed by atoms with Crippen LogP contribution in [-0.2, 0) is 0 Å². The highest BCUT2D eigenvalue weighted by Crippen LogP contribution is 2.31. The average molecular weight is 472 g/mol. The van der Waals surface area contributed by atoms with Crippen LogP contribution in [0.2, 0.25) is 0 Å². The number of fused-ring (bicyclic) bond motifs is 1. The number of rotatable bonds is 8. The Bertz CT molecular complexity index is 1090. The molecule has 0 saturated carbocycles. The van der Waals surface area contributed by atoms with E-state index in [1.165, 1.54) is 22.3 Å². The number of nitrogens with zero attached hydrogens (tertiary/aromatic N) is 4. The number of piperazine rings is 1. The summed E-state index contributed by atoms with van der Waals surface area (Å²) >= 11 is 3.25. The van der Waals surface area contributed by atoms with Crippen LogP contribution in [0.5, 0.6) is 0 Å². The van der Waals surface area contributed by atoms with E-state index in [9.17, 15) is 14.9 Å². The molecule has 2 aromatic carbocycles. The number of nitro benzene ring substituents is 1. The van der Waals surface area contributed by atoms with Gasteiger partial charge in [0.1, 0.15) is 0 Å². The molecule has 10 heteroatoms. The van der Waals surface area contributed by atoms with E-state index < -0.39 is 0 Å². The van der Waals surface area contributed by atoms with Gasteiger partial charge in [-0.3, -0.25) is 19.8 Å². The topological polar surface area (TPSA) is 91.6 Å². The Morgan fingerprint density at radius 1 is 1.19 bits per heavy atom. The predicted molar refractivity (Wildman–Crippen MR) is 130 cm³/mol. The third-order valence-corrected chi connectivity index (χ3v) is 7.33. The molecular weight excluding hydrogens is 446 g/mol. The van der Waals surface area contributed by atoms with Gasteiger partial charge in [-0.25, -0.2) is 4.98 Å². The largest absolute Gasteiger partial charge is 0.351 e. The zero-order valence-corrected chi connectivity index (χ0v) is 19.5. The zero-order chi connectivity index (χ0) is 22.5. The number of amides is 1. The van der Waals surface area contributed by atoms with Gasteiger partial charge in [0.25, 0.3) is 11.6 Å². The maximum absolute atomic E-state index is 12.4. The van der Waals surface area contributed by atoms with Crippen LogP contribution in [0, 0.1) is 10.1 Å². The van der Waals surface area contributed by atoms with Gasteiger partial charge < -0.3 is 10.2 Å². The summed E-state index contributed by atoms with van der Waals surface area (Å²) in [4.78, 5) is 33.3. The van der Waals surface area contributed by atoms with Crippen LogP contribution in [-0.4, -0.2) is 65.7 Å². The molecule has 1 N–H and O–H groups in total. The van der Waals surface area contributed by atoms with Crippen LogP contribution in [0.3, 0.4) is 0 Å². The molecule has 0 atom stereocenters. The van der Waals surface area contributed by atoms with Crippen LogP contribution < -0.4 is 10.2 Å². The van der Waals surface area contributed by atoms with Crippen molar-refractivity contribution in [2.45, 2.75) is 11.8 Å². The lowest BCUT2D eigenvalue weighted by atomic mass is 10.2. The number of nitro groups is 1. The minimum Gasteiger partial charge on any atom is -0.351 e. The van der Waals surface area contributed by atoms with Crippen molar-refractivity contribution >= 4 is 50.0 Å². The number of hydrogen-bond acceptors (Lipinski definition) is 8. The molecule has 1 aromatic heterocycles. The maximum atomic E-state index is 12.4. The lowest BCUT2D eigenvalue weighted by Crippen LogP contribution is -2.48. The number of benzene rings is 2. The maximum Gasteiger partial charge on any atom is 0.270 e. The van der Waals surface area contributed by atoms with Crippen molar-refractivity contribution in [1.29, 1.82) is 0 Å². The fraction of sp³-hybridized carbons (Fsp3) is 0.364. The van der Waals surface area contributed by atoms with E-state index >= 15 is 0 Å². The number of thiazole rings is 1. The van der Waals surface area contributed by atoms with Gasteiger partial charge in [-0.15, -0.1) is 11.8 Å². The molecule has 0 spiro atoms. The standard InChI is InChI=1S/C22H25N5O3S2/c1-2-31-18-6-3-16(4-7-18)21(28)23-9-10-25-11-13-26(14-12-25)22-24-19-8-5-17(27(29)30)15-20(19)32-22/h3-8,15H,2,9-14H2,1H3,(H,23,28). The predicted octanol–water partition coefficient (Wildman–Crippen LogP) is 3.87. The van der Waals surface area contributed by atoms with Crippen molar-refractivity contribution in [2.75, 3.05) is 49.9 Å². The van der Waals surface area contributed by atoms with Gasteiger partial charge in [-0.05, 0) is 36.1 Å². The van der Waals surface area contributed by atoms with E-state index in [-0.39, 0.29) is 16.5 Å². The van der Waals surface area contributed by atoms with Crippen LogP contribution in [0.4, 0.5) is 10.8 Å². The summed E-state index contributed by atoms with van der Waals surface area (Å²) in [5, 5.41) is 14.9. The van der Waals surface area contributed by atoms with Crippen molar-refractivity contribution in [3.8, 4) is 0 Å². The molecule has 0 unspecified atom stereocenters. The highest BCUT2D eigenvalue weighted by Gasteiger charge is 2.20. The van der Waals surface area contributed by atoms with Crippen molar-refractivity contribution < 1.29 is 9.72 Å². The number of nitrogens with one attached hydrogen (secondary N) is 1. The van der Waals surface area contributed by atoms with Crippen LogP contribution in [0.15, 0.2) is 47.4 Å². The van der Waals surface area contributed by atoms with Gasteiger partial charge in [0.05, 0.1) is 15.1 Å². The molecule has 3 aromatic rings. The lowest BCUT2D eigenvalue weighted by molar-refractivity contribution is -0.384. The first-order valence-electron chi connectivity index (χ1n) is 10.6. The van der Waals surface area contributed by atoms with Crippen molar-refractivity contribution in [2.24, 2.45) is 0 Å². The Morgan fingerprint density at radius 2 is 1.94 bits per heavy atom. The summed E-state index contributed by atoms with van der Waals surface area (Å²) < 4.78 is 0.834. The van der Waals surface area contributed by atoms with Crippen molar-refractivity contribution in [3.63, 3.8) is 0 Å². The highest BCUT2D eigenvalue weighted by atomic mass is 32.2. The van der Waals surface area contributed by atoms with Gasteiger partial charge in [-0.1, -0.05) is 18.3 Å². The second-order valence-electron chi connectivity index (χ2n) is 7.45. The highest BCUT2D eigenvalue weighted by molar-refractivity contribution is 7.99. The van der Waals surface area contributed by atoms with E-state index in [0.29, 0.717) is 12.1 Å². The van der Waals surface area contributed by atoms with Gasteiger partial charge >= 0.3 is 0 Å². The second-order valence-corrected chi connectivity index (χ2v) is 9.79. The normalized spacial score (nSPS) is 14.6. The lowest BCUT2D eigenvalue weighted by Gasteiger charge is -2.34. The van der Waals surface area contributed by atoms with E-state index in [4.69, 9.17) is 0 Å². The fourth-order valence-corrected chi connectivity index (χ4v) is 5.32. The zero-order valence-electron chi connectivity index (χ0n) is 17.8. The molecule has 0 radical (unpaired) electrons. The molecule has 1 amide bonds. The number of anilines is 1. The van der Waals surface area contributed by atoms with Crippen LogP contribution in [0.25, 0.3) is 10.2 Å². The van der Waals surface area contributed by atoms with Gasteiger partial charge in [0.15, 0.2) is 5.13 Å². The van der Waals surface area contributed by atoms with E-state index in [1.807, 2.05) is 24.3 Å². The molecule has 4 rings (SSSR count). The fourth-order valence-electron chi connectivity index (χ4n) is 3.61. The Balaban J connectivity index is 1.24. The Kier molecular flexibility index (Phi) is 7.23. The summed E-state index contributed by atoms with van der Waals surface area (Å²) in [6, 6.07) is 12.5. The SMILES string of the molecule is CCSc1ccc(C(=O)NCCN2CCN(c3nc4ccc([N+](=O)[O-])cc4s3)CC2)cc1. The molecule has 2 heterocycles. The summed E-state index contributed by atoms with van der Waals surface area (Å²) in [5.41, 5.74) is 1.57. The van der Waals surface area contributed by atoms with Gasteiger partial charge in [0, 0.05) is 61.9 Å². The number of non-ortho nitro benzene ring substituents is 1. The van der Waals surface area contributed by atoms with Crippen LogP contribution in [0.1, 0.15) is 17.3 Å². The van der Waals surface area contributed by atoms with E-state index in [2.05, 4.69) is 27.0 Å². The van der Waals surface area contributed by atoms with Crippen molar-refractivity contribution in [3.05, 3.63) is 58.1 Å². The molecule has 1 aliphatic heterocycles. The molecule has 1 saturated heterocycles. The van der Waals surface area contributed by atoms with Gasteiger partial charge in [0.2, 0.25) is 0 Å². The average Bonchev–Trinajstić information content (AvgIpc) is 3.23. The second kappa shape index (κ2) is 10.3. The molecule has 168 valence electrons. The first-order chi connectivity index (χ1) is 15.5. The van der Waals surface area contributed by atoms with E-state index in [0.717, 1.165) is 53.8 Å². The number of hydrogen-bond donors (Lipinski definition) is 1. The third-order valence-electron chi connectivity index (χ3n) is 5.36. The van der Waals surface area contributed by atoms with Crippen molar-refractivity contribution in [1.82, 2.24) is 15.2 Å². The van der Waals surface area contributed by atoms with Gasteiger partial charge in [-0.2, -0.15) is 0 Å². The Morgan fingerprint density at radius 3 is 2.62 bits per heavy atom. The molecule has 32 heavy (non-hydrogen) atoms. The molecule has 0 aliphatic carbocycles. The number of thioether (sulfide) groups is 1. The molecular formula is C22H25N5O3S2. The quantitative estimate of drug-likeness (QED) is 0.303. The first-order valence-corrected chi connectivity index (χ1v) is 12.4. The summed E-state index contributed by atoms with van der Waals surface area (Å²) in [6.45, 7) is 6.96. The Hall–Kier alpha value is -2.69. The third kappa shape index (κ3) is 5.37. The summed E-state index contributed by atoms with van der Waals surface area (Å²) in [5.74, 6) is 0.973. The minimum absolute atomic E-state index is 0.0414. The molecule has 1 fully saturated rings. The number of carbonyl (C=O) groups excluding carboxylic acids is 1. The van der Waals surface area contributed by atoms with E-state index in [1.54, 1.807) is 23.9 Å². The molecule has 0 bridgehead atoms. The molecule has 8 nitrogen and oxygen atoms in total. The molecule has 1 aliphatic rings. The number of aromatic nitrogens is 1. The minimum atomic E-state index is -0.378. The monoisotopic (exact) mass is 471 g/mol.